The first-order chi connectivity index (χ1) is 6.65. The van der Waals surface area contributed by atoms with Crippen molar-refractivity contribution in [2.75, 3.05) is 25.0 Å². The topological polar surface area (TPSA) is 67.9 Å². The Morgan fingerprint density at radius 2 is 1.93 bits per heavy atom. The zero-order valence-electron chi connectivity index (χ0n) is 8.99. The van der Waals surface area contributed by atoms with Crippen LogP contribution in [0.2, 0.25) is 0 Å². The molecule has 0 spiro atoms. The maximum absolute atomic E-state index is 5.43. The number of aryl methyl sites for hydroxylation is 2. The molecule has 0 saturated heterocycles. The van der Waals surface area contributed by atoms with E-state index in [4.69, 9.17) is 5.73 Å². The van der Waals surface area contributed by atoms with Crippen molar-refractivity contribution in [1.29, 1.82) is 0 Å². The van der Waals surface area contributed by atoms with Gasteiger partial charge in [0.15, 0.2) is 0 Å². The normalized spacial score (nSPS) is 10.3. The van der Waals surface area contributed by atoms with Crippen LogP contribution >= 0.6 is 0 Å². The summed E-state index contributed by atoms with van der Waals surface area (Å²) < 4.78 is 0. The third kappa shape index (κ3) is 2.63. The van der Waals surface area contributed by atoms with Crippen molar-refractivity contribution in [3.63, 3.8) is 0 Å². The van der Waals surface area contributed by atoms with Crippen LogP contribution in [-0.2, 0) is 0 Å². The van der Waals surface area contributed by atoms with E-state index in [1.54, 1.807) is 0 Å². The summed E-state index contributed by atoms with van der Waals surface area (Å²) in [4.78, 5) is 6.30. The molecule has 0 atom stereocenters. The van der Waals surface area contributed by atoms with Gasteiger partial charge >= 0.3 is 0 Å². The quantitative estimate of drug-likeness (QED) is 0.747. The molecule has 0 radical (unpaired) electrons. The van der Waals surface area contributed by atoms with E-state index in [1.807, 2.05) is 25.8 Å². The SMILES string of the molecule is Cc1nnc(N(C)CCCN)nc1C. The number of rotatable bonds is 4. The lowest BCUT2D eigenvalue weighted by Crippen LogP contribution is -2.24. The van der Waals surface area contributed by atoms with E-state index in [-0.39, 0.29) is 0 Å². The third-order valence-electron chi connectivity index (χ3n) is 2.12. The number of hydrogen-bond acceptors (Lipinski definition) is 5. The maximum atomic E-state index is 5.43. The Labute approximate surface area is 84.3 Å². The van der Waals surface area contributed by atoms with Gasteiger partial charge in [-0.25, -0.2) is 4.98 Å². The molecule has 14 heavy (non-hydrogen) atoms. The summed E-state index contributed by atoms with van der Waals surface area (Å²) in [5.74, 6) is 0.668. The smallest absolute Gasteiger partial charge is 0.245 e. The summed E-state index contributed by atoms with van der Waals surface area (Å²) in [6.07, 6.45) is 0.937. The molecule has 1 aromatic rings. The minimum absolute atomic E-state index is 0.668. The summed E-state index contributed by atoms with van der Waals surface area (Å²) in [5.41, 5.74) is 7.23. The van der Waals surface area contributed by atoms with E-state index in [0.29, 0.717) is 12.5 Å². The maximum Gasteiger partial charge on any atom is 0.245 e. The van der Waals surface area contributed by atoms with Crippen molar-refractivity contribution in [1.82, 2.24) is 15.2 Å². The van der Waals surface area contributed by atoms with E-state index >= 15 is 0 Å². The lowest BCUT2D eigenvalue weighted by Gasteiger charge is -2.16. The summed E-state index contributed by atoms with van der Waals surface area (Å²) in [5, 5.41) is 8.04. The average Bonchev–Trinajstić information content (AvgIpc) is 2.18. The lowest BCUT2D eigenvalue weighted by molar-refractivity contribution is 0.752. The molecule has 0 saturated carbocycles. The molecule has 0 amide bonds. The minimum atomic E-state index is 0.668. The molecule has 0 unspecified atom stereocenters. The molecule has 5 heteroatoms. The molecule has 0 fully saturated rings. The van der Waals surface area contributed by atoms with E-state index in [1.165, 1.54) is 0 Å². The van der Waals surface area contributed by atoms with Gasteiger partial charge in [-0.15, -0.1) is 5.10 Å². The van der Waals surface area contributed by atoms with Gasteiger partial charge in [-0.3, -0.25) is 0 Å². The molecular weight excluding hydrogens is 178 g/mol. The summed E-state index contributed by atoms with van der Waals surface area (Å²) in [6.45, 7) is 5.38. The second-order valence-corrected chi connectivity index (χ2v) is 3.35. The molecule has 2 N–H and O–H groups in total. The summed E-state index contributed by atoms with van der Waals surface area (Å²) in [7, 11) is 1.95. The van der Waals surface area contributed by atoms with Gasteiger partial charge in [-0.1, -0.05) is 0 Å². The Balaban J connectivity index is 2.70. The molecule has 0 aliphatic carbocycles. The highest BCUT2D eigenvalue weighted by molar-refractivity contribution is 5.27. The lowest BCUT2D eigenvalue weighted by atomic mass is 10.4. The van der Waals surface area contributed by atoms with Crippen LogP contribution in [0.25, 0.3) is 0 Å². The van der Waals surface area contributed by atoms with Crippen molar-refractivity contribution in [2.45, 2.75) is 20.3 Å². The highest BCUT2D eigenvalue weighted by Gasteiger charge is 2.05. The summed E-state index contributed by atoms with van der Waals surface area (Å²) >= 11 is 0. The first kappa shape index (κ1) is 10.8. The fourth-order valence-corrected chi connectivity index (χ4v) is 1.04. The molecule has 1 heterocycles. The highest BCUT2D eigenvalue weighted by Crippen LogP contribution is 2.06. The Morgan fingerprint density at radius 3 is 2.50 bits per heavy atom. The molecular formula is C9H17N5. The molecule has 0 aliphatic rings. The molecule has 0 bridgehead atoms. The van der Waals surface area contributed by atoms with Gasteiger partial charge in [0.2, 0.25) is 5.95 Å². The summed E-state index contributed by atoms with van der Waals surface area (Å²) in [6, 6.07) is 0. The van der Waals surface area contributed by atoms with Crippen molar-refractivity contribution in [3.8, 4) is 0 Å². The average molecular weight is 195 g/mol. The third-order valence-corrected chi connectivity index (χ3v) is 2.12. The van der Waals surface area contributed by atoms with Gasteiger partial charge < -0.3 is 10.6 Å². The van der Waals surface area contributed by atoms with E-state index in [2.05, 4.69) is 15.2 Å². The number of nitrogens with two attached hydrogens (primary N) is 1. The van der Waals surface area contributed by atoms with Gasteiger partial charge in [-0.05, 0) is 26.8 Å². The fourth-order valence-electron chi connectivity index (χ4n) is 1.04. The van der Waals surface area contributed by atoms with Crippen LogP contribution in [0.4, 0.5) is 5.95 Å². The number of hydrogen-bond donors (Lipinski definition) is 1. The highest BCUT2D eigenvalue weighted by atomic mass is 15.3. The van der Waals surface area contributed by atoms with Crippen LogP contribution < -0.4 is 10.6 Å². The Hall–Kier alpha value is -1.23. The molecule has 0 aromatic carbocycles. The van der Waals surface area contributed by atoms with Crippen LogP contribution in [0, 0.1) is 13.8 Å². The monoisotopic (exact) mass is 195 g/mol. The first-order valence-electron chi connectivity index (χ1n) is 4.74. The predicted molar refractivity (Wildman–Crippen MR) is 56.2 cm³/mol. The Kier molecular flexibility index (Phi) is 3.76. The Bertz CT molecular complexity index is 299. The van der Waals surface area contributed by atoms with E-state index < -0.39 is 0 Å². The van der Waals surface area contributed by atoms with Crippen molar-refractivity contribution in [3.05, 3.63) is 11.4 Å². The van der Waals surface area contributed by atoms with Crippen molar-refractivity contribution >= 4 is 5.95 Å². The molecule has 0 aliphatic heterocycles. The molecule has 5 nitrogen and oxygen atoms in total. The van der Waals surface area contributed by atoms with Crippen LogP contribution in [0.15, 0.2) is 0 Å². The predicted octanol–water partition coefficient (Wildman–Crippen LogP) is 0.273. The standard InChI is InChI=1S/C9H17N5/c1-7-8(2)12-13-9(11-7)14(3)6-4-5-10/h4-6,10H2,1-3H3. The molecule has 1 rings (SSSR count). The van der Waals surface area contributed by atoms with Crippen LogP contribution in [0.1, 0.15) is 17.8 Å². The first-order valence-corrected chi connectivity index (χ1v) is 4.74. The van der Waals surface area contributed by atoms with Crippen molar-refractivity contribution in [2.24, 2.45) is 5.73 Å². The largest absolute Gasteiger partial charge is 0.343 e. The van der Waals surface area contributed by atoms with Gasteiger partial charge in [0.1, 0.15) is 0 Å². The Morgan fingerprint density at radius 1 is 1.21 bits per heavy atom. The second kappa shape index (κ2) is 4.85. The minimum Gasteiger partial charge on any atom is -0.343 e. The van der Waals surface area contributed by atoms with Gasteiger partial charge in [-0.2, -0.15) is 5.10 Å². The fraction of sp³-hybridized carbons (Fsp3) is 0.667. The number of anilines is 1. The zero-order chi connectivity index (χ0) is 10.6. The van der Waals surface area contributed by atoms with Gasteiger partial charge in [0, 0.05) is 13.6 Å². The zero-order valence-corrected chi connectivity index (χ0v) is 8.99. The second-order valence-electron chi connectivity index (χ2n) is 3.35. The van der Waals surface area contributed by atoms with E-state index in [9.17, 15) is 0 Å². The number of aromatic nitrogens is 3. The molecule has 78 valence electrons. The molecule has 1 aromatic heterocycles. The van der Waals surface area contributed by atoms with Crippen molar-refractivity contribution < 1.29 is 0 Å². The van der Waals surface area contributed by atoms with Crippen LogP contribution in [0.3, 0.4) is 0 Å². The van der Waals surface area contributed by atoms with E-state index in [0.717, 1.165) is 24.4 Å². The van der Waals surface area contributed by atoms with Gasteiger partial charge in [0.05, 0.1) is 11.4 Å². The van der Waals surface area contributed by atoms with Crippen LogP contribution in [-0.4, -0.2) is 35.3 Å². The van der Waals surface area contributed by atoms with Gasteiger partial charge in [0.25, 0.3) is 0 Å². The van der Waals surface area contributed by atoms with Crippen LogP contribution in [0.5, 0.6) is 0 Å². The number of nitrogens with zero attached hydrogens (tertiary/aromatic N) is 4.